The largest absolute Gasteiger partial charge is 0.417 e. The highest BCUT2D eigenvalue weighted by Gasteiger charge is 2.50. The molecule has 0 aromatic heterocycles. The first-order valence-electron chi connectivity index (χ1n) is 9.46. The molecular weight excluding hydrogens is 424 g/mol. The summed E-state index contributed by atoms with van der Waals surface area (Å²) in [6.07, 6.45) is -3.74. The molecule has 4 nitrogen and oxygen atoms in total. The van der Waals surface area contributed by atoms with Gasteiger partial charge in [0.15, 0.2) is 0 Å². The Labute approximate surface area is 175 Å². The van der Waals surface area contributed by atoms with Gasteiger partial charge in [-0.2, -0.15) is 13.2 Å². The van der Waals surface area contributed by atoms with Gasteiger partial charge < -0.3 is 15.3 Å². The monoisotopic (exact) mass is 442 g/mol. The standard InChI is InChI=1S/C21H19ClF4N2O2/c22-18-6-5-16(7-17(18)21(24,25)26)27-19(29)28-10-12-8-20(30,9-13(12)11-28)14-1-3-15(23)4-2-14/h1-7,12-13,30H,8-11H2,(H,27,29)/t12-,13+,20?. The predicted octanol–water partition coefficient (Wildman–Crippen LogP) is 5.26. The number of rotatable bonds is 2. The van der Waals surface area contributed by atoms with E-state index >= 15 is 0 Å². The predicted molar refractivity (Wildman–Crippen MR) is 104 cm³/mol. The summed E-state index contributed by atoms with van der Waals surface area (Å²) in [4.78, 5) is 14.1. The molecule has 0 spiro atoms. The quantitative estimate of drug-likeness (QED) is 0.623. The van der Waals surface area contributed by atoms with Gasteiger partial charge >= 0.3 is 12.2 Å². The van der Waals surface area contributed by atoms with Crippen LogP contribution in [0.2, 0.25) is 5.02 Å². The number of hydrogen-bond acceptors (Lipinski definition) is 2. The summed E-state index contributed by atoms with van der Waals surface area (Å²) in [5, 5.41) is 13.1. The first-order chi connectivity index (χ1) is 14.0. The number of nitrogens with zero attached hydrogens (tertiary/aromatic N) is 1. The van der Waals surface area contributed by atoms with Crippen LogP contribution in [-0.4, -0.2) is 29.1 Å². The van der Waals surface area contributed by atoms with E-state index in [0.717, 1.165) is 12.1 Å². The second-order valence-electron chi connectivity index (χ2n) is 7.99. The molecule has 1 aliphatic heterocycles. The van der Waals surface area contributed by atoms with Crippen LogP contribution in [0.5, 0.6) is 0 Å². The van der Waals surface area contributed by atoms with Crippen molar-refractivity contribution in [3.8, 4) is 0 Å². The SMILES string of the molecule is O=C(Nc1ccc(Cl)c(C(F)(F)F)c1)N1C[C@@H]2CC(O)(c3ccc(F)cc3)C[C@@H]2C1. The van der Waals surface area contributed by atoms with Crippen LogP contribution in [0.15, 0.2) is 42.5 Å². The molecule has 2 amide bonds. The van der Waals surface area contributed by atoms with E-state index in [1.165, 1.54) is 18.2 Å². The lowest BCUT2D eigenvalue weighted by Crippen LogP contribution is -2.35. The second kappa shape index (κ2) is 7.42. The van der Waals surface area contributed by atoms with Crippen LogP contribution in [0.25, 0.3) is 0 Å². The normalized spacial score (nSPS) is 26.0. The fourth-order valence-electron chi connectivity index (χ4n) is 4.54. The average molecular weight is 443 g/mol. The van der Waals surface area contributed by atoms with Gasteiger partial charge in [0.25, 0.3) is 0 Å². The zero-order valence-electron chi connectivity index (χ0n) is 15.7. The molecule has 1 saturated carbocycles. The molecule has 9 heteroatoms. The van der Waals surface area contributed by atoms with Crippen molar-refractivity contribution in [3.63, 3.8) is 0 Å². The molecule has 2 aromatic rings. The van der Waals surface area contributed by atoms with Crippen molar-refractivity contribution in [1.29, 1.82) is 0 Å². The molecule has 2 aliphatic rings. The van der Waals surface area contributed by atoms with Crippen molar-refractivity contribution in [2.75, 3.05) is 18.4 Å². The number of alkyl halides is 3. The highest BCUT2D eigenvalue weighted by molar-refractivity contribution is 6.31. The molecule has 3 atom stereocenters. The number of nitrogens with one attached hydrogen (secondary N) is 1. The maximum atomic E-state index is 13.2. The Balaban J connectivity index is 1.41. The second-order valence-corrected chi connectivity index (χ2v) is 8.40. The summed E-state index contributed by atoms with van der Waals surface area (Å²) in [5.74, 6) is -0.261. The van der Waals surface area contributed by atoms with Gasteiger partial charge in [-0.3, -0.25) is 0 Å². The third-order valence-corrected chi connectivity index (χ3v) is 6.30. The van der Waals surface area contributed by atoms with Gasteiger partial charge in [0, 0.05) is 18.8 Å². The van der Waals surface area contributed by atoms with E-state index in [4.69, 9.17) is 11.6 Å². The van der Waals surface area contributed by atoms with E-state index in [1.54, 1.807) is 17.0 Å². The lowest BCUT2D eigenvalue weighted by molar-refractivity contribution is -0.137. The van der Waals surface area contributed by atoms with Crippen LogP contribution in [0.1, 0.15) is 24.0 Å². The minimum atomic E-state index is -4.62. The summed E-state index contributed by atoms with van der Waals surface area (Å²) in [7, 11) is 0. The Morgan fingerprint density at radius 3 is 2.27 bits per heavy atom. The molecule has 1 aliphatic carbocycles. The fraction of sp³-hybridized carbons (Fsp3) is 0.381. The van der Waals surface area contributed by atoms with Crippen LogP contribution >= 0.6 is 11.6 Å². The Kier molecular flexibility index (Phi) is 5.18. The average Bonchev–Trinajstić information content (AvgIpc) is 3.18. The summed E-state index contributed by atoms with van der Waals surface area (Å²) >= 11 is 5.61. The Bertz CT molecular complexity index is 950. The van der Waals surface area contributed by atoms with E-state index in [1.807, 2.05) is 0 Å². The first-order valence-corrected chi connectivity index (χ1v) is 9.84. The Hall–Kier alpha value is -2.32. The number of halogens is 5. The number of aliphatic hydroxyl groups is 1. The third-order valence-electron chi connectivity index (χ3n) is 5.97. The number of carbonyl (C=O) groups is 1. The highest BCUT2D eigenvalue weighted by atomic mass is 35.5. The smallest absolute Gasteiger partial charge is 0.385 e. The molecule has 1 heterocycles. The molecule has 2 fully saturated rings. The maximum Gasteiger partial charge on any atom is 0.417 e. The van der Waals surface area contributed by atoms with Crippen molar-refractivity contribution in [1.82, 2.24) is 4.90 Å². The van der Waals surface area contributed by atoms with E-state index in [2.05, 4.69) is 5.32 Å². The third kappa shape index (κ3) is 3.98. The number of carbonyl (C=O) groups excluding carboxylic acids is 1. The van der Waals surface area contributed by atoms with E-state index in [-0.39, 0.29) is 23.3 Å². The lowest BCUT2D eigenvalue weighted by Gasteiger charge is -2.26. The molecule has 2 N–H and O–H groups in total. The summed E-state index contributed by atoms with van der Waals surface area (Å²) in [5.41, 5.74) is -1.42. The molecule has 0 bridgehead atoms. The number of benzene rings is 2. The topological polar surface area (TPSA) is 52.6 Å². The molecule has 1 unspecified atom stereocenters. The van der Waals surface area contributed by atoms with Crippen molar-refractivity contribution < 1.29 is 27.5 Å². The molecule has 160 valence electrons. The fourth-order valence-corrected chi connectivity index (χ4v) is 4.76. The number of amides is 2. The van der Waals surface area contributed by atoms with Crippen LogP contribution in [0.4, 0.5) is 28.0 Å². The lowest BCUT2D eigenvalue weighted by atomic mass is 9.90. The van der Waals surface area contributed by atoms with Gasteiger partial charge in [-0.15, -0.1) is 0 Å². The molecule has 30 heavy (non-hydrogen) atoms. The number of hydrogen-bond donors (Lipinski definition) is 2. The van der Waals surface area contributed by atoms with Crippen LogP contribution in [-0.2, 0) is 11.8 Å². The number of likely N-dealkylation sites (tertiary alicyclic amines) is 1. The summed E-state index contributed by atoms with van der Waals surface area (Å²) in [6.45, 7) is 0.777. The van der Waals surface area contributed by atoms with E-state index in [0.29, 0.717) is 31.5 Å². The van der Waals surface area contributed by atoms with Gasteiger partial charge in [0.05, 0.1) is 16.2 Å². The number of anilines is 1. The van der Waals surface area contributed by atoms with Crippen molar-refractivity contribution in [2.45, 2.75) is 24.6 Å². The molecular formula is C21H19ClF4N2O2. The highest BCUT2D eigenvalue weighted by Crippen LogP contribution is 2.49. The molecule has 0 radical (unpaired) electrons. The molecule has 2 aromatic carbocycles. The minimum Gasteiger partial charge on any atom is -0.385 e. The van der Waals surface area contributed by atoms with Crippen molar-refractivity contribution >= 4 is 23.3 Å². The summed E-state index contributed by atoms with van der Waals surface area (Å²) in [6, 6.07) is 8.49. The molecule has 1 saturated heterocycles. The van der Waals surface area contributed by atoms with Crippen LogP contribution in [0, 0.1) is 17.7 Å². The Morgan fingerprint density at radius 2 is 1.70 bits per heavy atom. The zero-order valence-corrected chi connectivity index (χ0v) is 16.5. The van der Waals surface area contributed by atoms with Gasteiger partial charge in [-0.25, -0.2) is 9.18 Å². The zero-order chi connectivity index (χ0) is 21.7. The van der Waals surface area contributed by atoms with Gasteiger partial charge in [0.2, 0.25) is 0 Å². The van der Waals surface area contributed by atoms with Gasteiger partial charge in [0.1, 0.15) is 5.82 Å². The van der Waals surface area contributed by atoms with Crippen molar-refractivity contribution in [2.24, 2.45) is 11.8 Å². The number of urea groups is 1. The Morgan fingerprint density at radius 1 is 1.10 bits per heavy atom. The summed E-state index contributed by atoms with van der Waals surface area (Å²) < 4.78 is 52.2. The molecule has 4 rings (SSSR count). The maximum absolute atomic E-state index is 13.2. The first kappa shape index (κ1) is 20.9. The van der Waals surface area contributed by atoms with Crippen LogP contribution in [0.3, 0.4) is 0 Å². The van der Waals surface area contributed by atoms with Gasteiger partial charge in [-0.05, 0) is 60.6 Å². The van der Waals surface area contributed by atoms with E-state index < -0.39 is 28.4 Å². The minimum absolute atomic E-state index is 0.0107. The van der Waals surface area contributed by atoms with Gasteiger partial charge in [-0.1, -0.05) is 23.7 Å². The van der Waals surface area contributed by atoms with Crippen LogP contribution < -0.4 is 5.32 Å². The van der Waals surface area contributed by atoms with E-state index in [9.17, 15) is 27.5 Å². The number of fused-ring (bicyclic) bond motifs is 1. The van der Waals surface area contributed by atoms with Crippen molar-refractivity contribution in [3.05, 3.63) is 64.4 Å².